The number of hydrogen-bond acceptors (Lipinski definition) is 4. The maximum Gasteiger partial charge on any atom is 0.296 e. The van der Waals surface area contributed by atoms with Gasteiger partial charge in [0, 0.05) is 8.95 Å². The fourth-order valence-electron chi connectivity index (χ4n) is 1.82. The molecule has 2 rings (SSSR count). The molecule has 0 aliphatic carbocycles. The molecule has 0 saturated heterocycles. The maximum atomic E-state index is 11.4. The van der Waals surface area contributed by atoms with Gasteiger partial charge in [0.05, 0.1) is 4.90 Å². The first-order valence-electron chi connectivity index (χ1n) is 5.55. The van der Waals surface area contributed by atoms with Crippen molar-refractivity contribution in [2.24, 2.45) is 0 Å². The van der Waals surface area contributed by atoms with Crippen LogP contribution in [0.3, 0.4) is 0 Å². The van der Waals surface area contributed by atoms with Crippen LogP contribution >= 0.6 is 31.9 Å². The first-order valence-corrected chi connectivity index (χ1v) is 10.0. The van der Waals surface area contributed by atoms with E-state index >= 15 is 0 Å². The lowest BCUT2D eigenvalue weighted by Crippen LogP contribution is -2.02. The molecule has 0 radical (unpaired) electrons. The zero-order valence-corrected chi connectivity index (χ0v) is 15.4. The number of halogens is 2. The Bertz CT molecular complexity index is 952. The normalized spacial score (nSPS) is 12.4. The van der Waals surface area contributed by atoms with Crippen LogP contribution in [0.1, 0.15) is 0 Å². The Morgan fingerprint density at radius 2 is 1.50 bits per heavy atom. The molecular weight excluding hydrogens is 464 g/mol. The topological polar surface area (TPSA) is 109 Å². The van der Waals surface area contributed by atoms with Gasteiger partial charge in [0.1, 0.15) is 4.90 Å². The second-order valence-corrected chi connectivity index (χ2v) is 8.64. The van der Waals surface area contributed by atoms with Crippen LogP contribution < -0.4 is 0 Å². The van der Waals surface area contributed by atoms with Gasteiger partial charge in [-0.25, -0.2) is 0 Å². The van der Waals surface area contributed by atoms with Crippen molar-refractivity contribution in [1.29, 1.82) is 0 Å². The molecule has 0 spiro atoms. The van der Waals surface area contributed by atoms with Crippen LogP contribution in [0.4, 0.5) is 0 Å². The molecule has 22 heavy (non-hydrogen) atoms. The van der Waals surface area contributed by atoms with Crippen molar-refractivity contribution in [2.45, 2.75) is 9.79 Å². The highest BCUT2D eigenvalue weighted by Crippen LogP contribution is 2.38. The third-order valence-corrected chi connectivity index (χ3v) is 6.55. The molecule has 10 heteroatoms. The van der Waals surface area contributed by atoms with Crippen molar-refractivity contribution in [2.75, 3.05) is 0 Å². The summed E-state index contributed by atoms with van der Waals surface area (Å²) in [5, 5.41) is 0. The Kier molecular flexibility index (Phi) is 4.81. The van der Waals surface area contributed by atoms with Crippen LogP contribution in [0.15, 0.2) is 55.1 Å². The minimum Gasteiger partial charge on any atom is -0.282 e. The van der Waals surface area contributed by atoms with Crippen molar-refractivity contribution in [3.63, 3.8) is 0 Å². The molecule has 0 atom stereocenters. The summed E-state index contributed by atoms with van der Waals surface area (Å²) in [5.41, 5.74) is 0.681. The Hall–Kier alpha value is -0.780. The third-order valence-electron chi connectivity index (χ3n) is 2.75. The Morgan fingerprint density at radius 1 is 0.864 bits per heavy atom. The van der Waals surface area contributed by atoms with E-state index in [2.05, 4.69) is 31.9 Å². The van der Waals surface area contributed by atoms with Gasteiger partial charge < -0.3 is 0 Å². The monoisotopic (exact) mass is 470 g/mol. The molecule has 0 unspecified atom stereocenters. The molecule has 118 valence electrons. The molecule has 2 N–H and O–H groups in total. The van der Waals surface area contributed by atoms with Crippen molar-refractivity contribution in [3.05, 3.63) is 45.3 Å². The summed E-state index contributed by atoms with van der Waals surface area (Å²) in [6.45, 7) is 0. The first kappa shape index (κ1) is 17.6. The standard InChI is InChI=1S/C12H8Br2O6S2/c13-10-5-4-9(11(14)12(10)22(18,19)20)7-2-1-3-8(6-7)21(15,16)17/h1-6H,(H,15,16,17)(H,18,19,20). The van der Waals surface area contributed by atoms with Crippen LogP contribution in [0.5, 0.6) is 0 Å². The second kappa shape index (κ2) is 6.02. The first-order chi connectivity index (χ1) is 10.0. The van der Waals surface area contributed by atoms with E-state index in [1.54, 1.807) is 0 Å². The predicted molar refractivity (Wildman–Crippen MR) is 86.9 cm³/mol. The molecule has 0 aromatic heterocycles. The lowest BCUT2D eigenvalue weighted by atomic mass is 10.1. The van der Waals surface area contributed by atoms with Crippen molar-refractivity contribution < 1.29 is 25.9 Å². The van der Waals surface area contributed by atoms with E-state index in [9.17, 15) is 21.4 Å². The van der Waals surface area contributed by atoms with Gasteiger partial charge in [0.25, 0.3) is 20.2 Å². The summed E-state index contributed by atoms with van der Waals surface area (Å²) in [6, 6.07) is 8.28. The number of benzene rings is 2. The molecule has 0 fully saturated rings. The largest absolute Gasteiger partial charge is 0.296 e. The zero-order chi connectivity index (χ0) is 16.7. The van der Waals surface area contributed by atoms with E-state index in [-0.39, 0.29) is 18.7 Å². The lowest BCUT2D eigenvalue weighted by molar-refractivity contribution is 0.480. The molecule has 0 bridgehead atoms. The maximum absolute atomic E-state index is 11.4. The van der Waals surface area contributed by atoms with Gasteiger partial charge >= 0.3 is 0 Å². The molecule has 0 heterocycles. The van der Waals surface area contributed by atoms with Gasteiger partial charge in [-0.15, -0.1) is 0 Å². The van der Waals surface area contributed by atoms with E-state index in [0.29, 0.717) is 11.1 Å². The average molecular weight is 472 g/mol. The zero-order valence-electron chi connectivity index (χ0n) is 10.6. The van der Waals surface area contributed by atoms with Crippen LogP contribution in [0, 0.1) is 0 Å². The fraction of sp³-hybridized carbons (Fsp3) is 0. The second-order valence-electron chi connectivity index (χ2n) is 4.22. The third kappa shape index (κ3) is 3.58. The van der Waals surface area contributed by atoms with Gasteiger partial charge in [-0.05, 0) is 61.2 Å². The summed E-state index contributed by atoms with van der Waals surface area (Å²) < 4.78 is 63.8. The Balaban J connectivity index is 2.75. The Morgan fingerprint density at radius 3 is 2.05 bits per heavy atom. The molecule has 0 aliphatic rings. The Labute approximate surface area is 143 Å². The van der Waals surface area contributed by atoms with E-state index < -0.39 is 20.2 Å². The quantitative estimate of drug-likeness (QED) is 0.664. The molecule has 0 amide bonds. The molecule has 6 nitrogen and oxygen atoms in total. The van der Waals surface area contributed by atoms with Gasteiger partial charge in [-0.3, -0.25) is 9.11 Å². The van der Waals surface area contributed by atoms with Crippen molar-refractivity contribution >= 4 is 52.1 Å². The summed E-state index contributed by atoms with van der Waals surface area (Å²) in [6.07, 6.45) is 0. The molecule has 2 aromatic carbocycles. The SMILES string of the molecule is O=S(=O)(O)c1cccc(-c2ccc(Br)c(S(=O)(=O)O)c2Br)c1. The molecule has 0 saturated carbocycles. The minimum absolute atomic E-state index is 0.0665. The van der Waals surface area contributed by atoms with Gasteiger partial charge in [-0.1, -0.05) is 18.2 Å². The minimum atomic E-state index is -4.49. The summed E-state index contributed by atoms with van der Waals surface area (Å²) in [5.74, 6) is 0. The summed E-state index contributed by atoms with van der Waals surface area (Å²) in [4.78, 5) is -0.699. The smallest absolute Gasteiger partial charge is 0.282 e. The molecular formula is C12H8Br2O6S2. The predicted octanol–water partition coefficient (Wildman–Crippen LogP) is 3.37. The van der Waals surface area contributed by atoms with E-state index in [1.165, 1.54) is 36.4 Å². The fourth-order valence-corrected chi connectivity index (χ4v) is 5.39. The van der Waals surface area contributed by atoms with Crippen LogP contribution in [0.25, 0.3) is 11.1 Å². The van der Waals surface area contributed by atoms with Crippen molar-refractivity contribution in [1.82, 2.24) is 0 Å². The number of hydrogen-bond donors (Lipinski definition) is 2. The highest BCUT2D eigenvalue weighted by atomic mass is 79.9. The van der Waals surface area contributed by atoms with Crippen LogP contribution in [-0.4, -0.2) is 25.9 Å². The highest BCUT2D eigenvalue weighted by Gasteiger charge is 2.22. The summed E-state index contributed by atoms with van der Waals surface area (Å²) >= 11 is 6.13. The van der Waals surface area contributed by atoms with E-state index in [4.69, 9.17) is 4.55 Å². The molecule has 0 aliphatic heterocycles. The van der Waals surface area contributed by atoms with E-state index in [1.807, 2.05) is 0 Å². The van der Waals surface area contributed by atoms with E-state index in [0.717, 1.165) is 0 Å². The summed E-state index contributed by atoms with van der Waals surface area (Å²) in [7, 11) is -8.88. The highest BCUT2D eigenvalue weighted by molar-refractivity contribution is 9.11. The lowest BCUT2D eigenvalue weighted by Gasteiger charge is -2.11. The van der Waals surface area contributed by atoms with Crippen LogP contribution in [-0.2, 0) is 20.2 Å². The van der Waals surface area contributed by atoms with Gasteiger partial charge in [0.2, 0.25) is 0 Å². The van der Waals surface area contributed by atoms with Gasteiger partial charge in [-0.2, -0.15) is 16.8 Å². The number of rotatable bonds is 3. The average Bonchev–Trinajstić information content (AvgIpc) is 2.36. The van der Waals surface area contributed by atoms with Crippen molar-refractivity contribution in [3.8, 4) is 11.1 Å². The van der Waals surface area contributed by atoms with Gasteiger partial charge in [0.15, 0.2) is 0 Å². The van der Waals surface area contributed by atoms with Crippen LogP contribution in [0.2, 0.25) is 0 Å². The molecule has 2 aromatic rings.